The van der Waals surface area contributed by atoms with Crippen molar-refractivity contribution in [1.82, 2.24) is 5.32 Å². The smallest absolute Gasteiger partial charge is 0.251 e. The molecule has 1 aliphatic rings. The van der Waals surface area contributed by atoms with Gasteiger partial charge in [0.15, 0.2) is 0 Å². The quantitative estimate of drug-likeness (QED) is 0.435. The molecule has 0 bridgehead atoms. The topological polar surface area (TPSA) is 102 Å². The van der Waals surface area contributed by atoms with Gasteiger partial charge in [0.1, 0.15) is 18.1 Å². The normalized spacial score (nSPS) is 15.1. The lowest BCUT2D eigenvalue weighted by molar-refractivity contribution is -0.114. The van der Waals surface area contributed by atoms with E-state index in [9.17, 15) is 9.59 Å². The van der Waals surface area contributed by atoms with Crippen molar-refractivity contribution in [3.8, 4) is 5.75 Å². The first-order chi connectivity index (χ1) is 16.2. The average molecular weight is 450 g/mol. The Hall–Kier alpha value is -3.78. The Morgan fingerprint density at radius 2 is 1.97 bits per heavy atom. The monoisotopic (exact) mass is 449 g/mol. The van der Waals surface area contributed by atoms with Gasteiger partial charge in [0, 0.05) is 17.9 Å². The summed E-state index contributed by atoms with van der Waals surface area (Å²) < 4.78 is 16.7. The minimum absolute atomic E-state index is 0.0508. The zero-order valence-corrected chi connectivity index (χ0v) is 18.2. The molecule has 3 aromatic rings. The second kappa shape index (κ2) is 11.2. The Bertz CT molecular complexity index is 1060. The van der Waals surface area contributed by atoms with Crippen molar-refractivity contribution in [3.05, 3.63) is 78.3 Å². The third-order valence-corrected chi connectivity index (χ3v) is 5.19. The fourth-order valence-corrected chi connectivity index (χ4v) is 3.50. The van der Waals surface area contributed by atoms with Gasteiger partial charge in [-0.2, -0.15) is 0 Å². The van der Waals surface area contributed by atoms with Crippen molar-refractivity contribution >= 4 is 23.2 Å². The highest BCUT2D eigenvalue weighted by molar-refractivity contribution is 5.98. The van der Waals surface area contributed by atoms with Gasteiger partial charge in [-0.05, 0) is 55.3 Å². The average Bonchev–Trinajstić information content (AvgIpc) is 3.55. The van der Waals surface area contributed by atoms with Gasteiger partial charge in [-0.15, -0.1) is 0 Å². The molecule has 2 amide bonds. The summed E-state index contributed by atoms with van der Waals surface area (Å²) in [6, 6.07) is 17.8. The highest BCUT2D eigenvalue weighted by atomic mass is 16.5. The van der Waals surface area contributed by atoms with Gasteiger partial charge in [0.2, 0.25) is 5.91 Å². The fraction of sp³-hybridized carbons (Fsp3) is 0.280. The molecule has 1 fully saturated rings. The van der Waals surface area contributed by atoms with Gasteiger partial charge < -0.3 is 29.8 Å². The Kier molecular flexibility index (Phi) is 7.60. The van der Waals surface area contributed by atoms with E-state index < -0.39 is 0 Å². The van der Waals surface area contributed by atoms with Crippen LogP contribution in [0.1, 0.15) is 29.0 Å². The molecule has 4 rings (SSSR count). The number of rotatable bonds is 10. The van der Waals surface area contributed by atoms with Crippen molar-refractivity contribution in [1.29, 1.82) is 0 Å². The summed E-state index contributed by atoms with van der Waals surface area (Å²) in [6.45, 7) is 1.61. The minimum atomic E-state index is -0.252. The molecule has 1 aliphatic heterocycles. The summed E-state index contributed by atoms with van der Waals surface area (Å²) >= 11 is 0. The number of para-hydroxylation sites is 2. The van der Waals surface area contributed by atoms with E-state index in [-0.39, 0.29) is 24.5 Å². The second-order valence-corrected chi connectivity index (χ2v) is 7.69. The van der Waals surface area contributed by atoms with Crippen LogP contribution in [0, 0.1) is 0 Å². The standard InChI is InChI=1S/C25H27N3O5/c29-24(16-26-22-10-1-2-11-23(22)33-17-21-9-5-13-32-21)28-19-7-3-6-18(14-19)25(30)27-15-20-8-4-12-31-20/h1-4,6-8,10-12,14,21,26H,5,9,13,15-17H2,(H,27,30)(H,28,29). The lowest BCUT2D eigenvalue weighted by Gasteiger charge is -2.15. The number of carbonyl (C=O) groups is 2. The summed E-state index contributed by atoms with van der Waals surface area (Å²) in [5.41, 5.74) is 1.72. The molecule has 1 saturated heterocycles. The van der Waals surface area contributed by atoms with Crippen LogP contribution in [0.3, 0.4) is 0 Å². The van der Waals surface area contributed by atoms with E-state index in [1.54, 1.807) is 42.7 Å². The summed E-state index contributed by atoms with van der Waals surface area (Å²) in [6.07, 6.45) is 3.73. The zero-order valence-electron chi connectivity index (χ0n) is 18.2. The van der Waals surface area contributed by atoms with Crippen molar-refractivity contribution in [2.24, 2.45) is 0 Å². The van der Waals surface area contributed by atoms with Crippen LogP contribution in [-0.2, 0) is 16.1 Å². The number of hydrogen-bond acceptors (Lipinski definition) is 6. The van der Waals surface area contributed by atoms with Crippen LogP contribution in [0.5, 0.6) is 5.75 Å². The van der Waals surface area contributed by atoms with E-state index in [1.807, 2.05) is 24.3 Å². The molecule has 8 heteroatoms. The molecule has 8 nitrogen and oxygen atoms in total. The highest BCUT2D eigenvalue weighted by Gasteiger charge is 2.17. The second-order valence-electron chi connectivity index (χ2n) is 7.69. The van der Waals surface area contributed by atoms with Gasteiger partial charge in [0.05, 0.1) is 31.1 Å². The molecule has 3 N–H and O–H groups in total. The van der Waals surface area contributed by atoms with Crippen LogP contribution in [0.2, 0.25) is 0 Å². The molecule has 0 aliphatic carbocycles. The summed E-state index contributed by atoms with van der Waals surface area (Å²) in [4.78, 5) is 24.9. The van der Waals surface area contributed by atoms with Crippen molar-refractivity contribution in [2.75, 3.05) is 30.4 Å². The molecule has 1 aromatic heterocycles. The van der Waals surface area contributed by atoms with E-state index >= 15 is 0 Å². The van der Waals surface area contributed by atoms with Gasteiger partial charge in [0.25, 0.3) is 5.91 Å². The fourth-order valence-electron chi connectivity index (χ4n) is 3.50. The van der Waals surface area contributed by atoms with Crippen LogP contribution in [0.15, 0.2) is 71.3 Å². The number of hydrogen-bond donors (Lipinski definition) is 3. The molecule has 172 valence electrons. The molecule has 2 heterocycles. The lowest BCUT2D eigenvalue weighted by Crippen LogP contribution is -2.24. The first-order valence-electron chi connectivity index (χ1n) is 11.0. The number of amides is 2. The molecule has 2 aromatic carbocycles. The van der Waals surface area contributed by atoms with E-state index in [2.05, 4.69) is 16.0 Å². The highest BCUT2D eigenvalue weighted by Crippen LogP contribution is 2.25. The van der Waals surface area contributed by atoms with Crippen molar-refractivity contribution < 1.29 is 23.5 Å². The zero-order chi connectivity index (χ0) is 22.9. The van der Waals surface area contributed by atoms with Gasteiger partial charge >= 0.3 is 0 Å². The molecule has 33 heavy (non-hydrogen) atoms. The Labute approximate surface area is 192 Å². The van der Waals surface area contributed by atoms with Crippen molar-refractivity contribution in [3.63, 3.8) is 0 Å². The van der Waals surface area contributed by atoms with Gasteiger partial charge in [-0.1, -0.05) is 18.2 Å². The lowest BCUT2D eigenvalue weighted by atomic mass is 10.2. The summed E-state index contributed by atoms with van der Waals surface area (Å²) in [5.74, 6) is 0.852. The maximum atomic E-state index is 12.5. The van der Waals surface area contributed by atoms with Crippen LogP contribution >= 0.6 is 0 Å². The van der Waals surface area contributed by atoms with E-state index in [0.717, 1.165) is 25.1 Å². The summed E-state index contributed by atoms with van der Waals surface area (Å²) in [5, 5.41) is 8.71. The number of nitrogens with one attached hydrogen (secondary N) is 3. The minimum Gasteiger partial charge on any atom is -0.489 e. The van der Waals surface area contributed by atoms with Crippen LogP contribution < -0.4 is 20.7 Å². The number of benzene rings is 2. The van der Waals surface area contributed by atoms with E-state index in [1.165, 1.54) is 0 Å². The number of furan rings is 1. The van der Waals surface area contributed by atoms with Crippen LogP contribution in [-0.4, -0.2) is 37.7 Å². The number of carbonyl (C=O) groups excluding carboxylic acids is 2. The van der Waals surface area contributed by atoms with Gasteiger partial charge in [-0.25, -0.2) is 0 Å². The molecule has 1 atom stereocenters. The van der Waals surface area contributed by atoms with E-state index in [4.69, 9.17) is 13.9 Å². The molecule has 0 saturated carbocycles. The predicted octanol–water partition coefficient (Wildman–Crippen LogP) is 3.82. The number of anilines is 2. The SMILES string of the molecule is O=C(CNc1ccccc1OCC1CCCO1)Nc1cccc(C(=O)NCc2ccco2)c1. The Morgan fingerprint density at radius 1 is 1.06 bits per heavy atom. The molecule has 1 unspecified atom stereocenters. The largest absolute Gasteiger partial charge is 0.489 e. The maximum Gasteiger partial charge on any atom is 0.251 e. The molecule has 0 radical (unpaired) electrons. The third-order valence-electron chi connectivity index (χ3n) is 5.19. The van der Waals surface area contributed by atoms with Crippen LogP contribution in [0.4, 0.5) is 11.4 Å². The Morgan fingerprint density at radius 3 is 2.79 bits per heavy atom. The first-order valence-corrected chi connectivity index (χ1v) is 11.0. The Balaban J connectivity index is 1.27. The van der Waals surface area contributed by atoms with Gasteiger partial charge in [-0.3, -0.25) is 9.59 Å². The van der Waals surface area contributed by atoms with Crippen LogP contribution in [0.25, 0.3) is 0 Å². The molecular formula is C25H27N3O5. The first kappa shape index (κ1) is 22.4. The van der Waals surface area contributed by atoms with Crippen molar-refractivity contribution in [2.45, 2.75) is 25.5 Å². The predicted molar refractivity (Wildman–Crippen MR) is 124 cm³/mol. The van der Waals surface area contributed by atoms with E-state index in [0.29, 0.717) is 35.9 Å². The molecule has 0 spiro atoms. The molecular weight excluding hydrogens is 422 g/mol. The number of ether oxygens (including phenoxy) is 2. The maximum absolute atomic E-state index is 12.5. The third kappa shape index (κ3) is 6.60. The summed E-state index contributed by atoms with van der Waals surface area (Å²) in [7, 11) is 0.